The molecule has 0 atom stereocenters. The van der Waals surface area contributed by atoms with Crippen LogP contribution in [0.5, 0.6) is 5.75 Å². The van der Waals surface area contributed by atoms with Crippen LogP contribution in [0, 0.1) is 0 Å². The Morgan fingerprint density at radius 2 is 2.36 bits per heavy atom. The molecule has 0 amide bonds. The van der Waals surface area contributed by atoms with Crippen LogP contribution in [0.4, 0.5) is 0 Å². The number of hydrogen-bond donors (Lipinski definition) is 1. The van der Waals surface area contributed by atoms with Gasteiger partial charge in [0.05, 0.1) is 6.61 Å². The van der Waals surface area contributed by atoms with Gasteiger partial charge < -0.3 is 9.84 Å². The Kier molecular flexibility index (Phi) is 3.29. The van der Waals surface area contributed by atoms with Gasteiger partial charge in [-0.2, -0.15) is 0 Å². The third kappa shape index (κ3) is 1.93. The van der Waals surface area contributed by atoms with Crippen LogP contribution in [0.1, 0.15) is 22.8 Å². The van der Waals surface area contributed by atoms with Gasteiger partial charge in [0.15, 0.2) is 0 Å². The van der Waals surface area contributed by atoms with Crippen molar-refractivity contribution in [2.24, 2.45) is 0 Å². The molecule has 0 radical (unpaired) electrons. The summed E-state index contributed by atoms with van der Waals surface area (Å²) in [6.45, 7) is 5.53. The first-order valence-corrected chi connectivity index (χ1v) is 4.32. The smallest absolute Gasteiger partial charge is 0.341 e. The van der Waals surface area contributed by atoms with Gasteiger partial charge in [0, 0.05) is 5.56 Å². The molecule has 0 aliphatic carbocycles. The zero-order valence-electron chi connectivity index (χ0n) is 7.99. The summed E-state index contributed by atoms with van der Waals surface area (Å²) in [4.78, 5) is 11.3. The normalized spacial score (nSPS) is 9.50. The van der Waals surface area contributed by atoms with E-state index >= 15 is 0 Å². The van der Waals surface area contributed by atoms with Crippen molar-refractivity contribution in [3.63, 3.8) is 0 Å². The molecular weight excluding hydrogens is 180 g/mol. The molecule has 0 aliphatic heterocycles. The third-order valence-electron chi connectivity index (χ3n) is 1.78. The zero-order chi connectivity index (χ0) is 10.6. The van der Waals surface area contributed by atoms with Crippen LogP contribution in [0.25, 0.3) is 6.08 Å². The Labute approximate surface area is 82.6 Å². The highest BCUT2D eigenvalue weighted by Crippen LogP contribution is 2.23. The molecule has 0 bridgehead atoms. The number of carbonyl (C=O) groups excluding carboxylic acids is 1. The highest BCUT2D eigenvalue weighted by atomic mass is 16.5. The first-order chi connectivity index (χ1) is 6.70. The van der Waals surface area contributed by atoms with Crippen LogP contribution in [0.2, 0.25) is 0 Å². The minimum absolute atomic E-state index is 0.0825. The van der Waals surface area contributed by atoms with Gasteiger partial charge in [-0.25, -0.2) is 4.79 Å². The van der Waals surface area contributed by atoms with E-state index in [9.17, 15) is 9.90 Å². The van der Waals surface area contributed by atoms with Gasteiger partial charge in [0.1, 0.15) is 11.3 Å². The highest BCUT2D eigenvalue weighted by Gasteiger charge is 2.13. The average Bonchev–Trinajstić information content (AvgIpc) is 2.18. The second-order valence-corrected chi connectivity index (χ2v) is 2.67. The predicted molar refractivity (Wildman–Crippen MR) is 54.2 cm³/mol. The maximum absolute atomic E-state index is 11.3. The molecule has 0 fully saturated rings. The minimum Gasteiger partial charge on any atom is -0.506 e. The molecule has 3 nitrogen and oxygen atoms in total. The van der Waals surface area contributed by atoms with Crippen LogP contribution >= 0.6 is 0 Å². The summed E-state index contributed by atoms with van der Waals surface area (Å²) >= 11 is 0. The van der Waals surface area contributed by atoms with Crippen molar-refractivity contribution in [1.82, 2.24) is 0 Å². The number of phenolic OH excluding ortho intramolecular Hbond substituents is 1. The SMILES string of the molecule is C=Cc1cccc(C(=O)OCC)c1O. The van der Waals surface area contributed by atoms with Gasteiger partial charge in [-0.3, -0.25) is 0 Å². The Balaban J connectivity index is 3.09. The van der Waals surface area contributed by atoms with Crippen molar-refractivity contribution in [2.75, 3.05) is 6.61 Å². The number of hydrogen-bond acceptors (Lipinski definition) is 3. The van der Waals surface area contributed by atoms with Gasteiger partial charge in [0.2, 0.25) is 0 Å². The molecule has 1 rings (SSSR count). The number of aromatic hydroxyl groups is 1. The molecule has 1 aromatic carbocycles. The Morgan fingerprint density at radius 1 is 1.64 bits per heavy atom. The van der Waals surface area contributed by atoms with E-state index in [1.54, 1.807) is 19.1 Å². The fourth-order valence-electron chi connectivity index (χ4n) is 1.10. The summed E-state index contributed by atoms with van der Waals surface area (Å²) in [6, 6.07) is 4.86. The lowest BCUT2D eigenvalue weighted by Crippen LogP contribution is -2.05. The molecule has 0 saturated carbocycles. The van der Waals surface area contributed by atoms with Crippen LogP contribution < -0.4 is 0 Å². The fraction of sp³-hybridized carbons (Fsp3) is 0.182. The number of benzene rings is 1. The molecule has 1 aromatic rings. The molecule has 0 aliphatic rings. The van der Waals surface area contributed by atoms with Gasteiger partial charge in [0.25, 0.3) is 0 Å². The largest absolute Gasteiger partial charge is 0.506 e. The minimum atomic E-state index is -0.520. The van der Waals surface area contributed by atoms with E-state index in [2.05, 4.69) is 6.58 Å². The molecule has 0 spiro atoms. The van der Waals surface area contributed by atoms with Gasteiger partial charge >= 0.3 is 5.97 Å². The Bertz CT molecular complexity index is 356. The number of ether oxygens (including phenoxy) is 1. The number of carbonyl (C=O) groups is 1. The van der Waals surface area contributed by atoms with E-state index in [0.717, 1.165) is 0 Å². The number of phenols is 1. The van der Waals surface area contributed by atoms with Crippen molar-refractivity contribution >= 4 is 12.0 Å². The summed E-state index contributed by atoms with van der Waals surface area (Å²) in [6.07, 6.45) is 1.48. The molecule has 0 aromatic heterocycles. The predicted octanol–water partition coefficient (Wildman–Crippen LogP) is 2.21. The van der Waals surface area contributed by atoms with Crippen molar-refractivity contribution in [3.8, 4) is 5.75 Å². The second-order valence-electron chi connectivity index (χ2n) is 2.67. The lowest BCUT2D eigenvalue weighted by atomic mass is 10.1. The van der Waals surface area contributed by atoms with Gasteiger partial charge in [-0.05, 0) is 13.0 Å². The van der Waals surface area contributed by atoms with Crippen molar-refractivity contribution < 1.29 is 14.6 Å². The van der Waals surface area contributed by atoms with Crippen molar-refractivity contribution in [2.45, 2.75) is 6.92 Å². The van der Waals surface area contributed by atoms with Gasteiger partial charge in [-0.1, -0.05) is 24.8 Å². The maximum Gasteiger partial charge on any atom is 0.341 e. The van der Waals surface area contributed by atoms with Crippen LogP contribution in [0.3, 0.4) is 0 Å². The Morgan fingerprint density at radius 3 is 2.93 bits per heavy atom. The number of rotatable bonds is 3. The summed E-state index contributed by atoms with van der Waals surface area (Å²) in [5.41, 5.74) is 0.694. The lowest BCUT2D eigenvalue weighted by Gasteiger charge is -2.05. The summed E-state index contributed by atoms with van der Waals surface area (Å²) in [5, 5.41) is 9.61. The van der Waals surface area contributed by atoms with E-state index in [0.29, 0.717) is 5.56 Å². The van der Waals surface area contributed by atoms with E-state index in [1.165, 1.54) is 12.1 Å². The van der Waals surface area contributed by atoms with E-state index in [1.807, 2.05) is 0 Å². The van der Waals surface area contributed by atoms with E-state index in [4.69, 9.17) is 4.74 Å². The molecule has 14 heavy (non-hydrogen) atoms. The summed E-state index contributed by atoms with van der Waals surface area (Å²) in [5.74, 6) is -0.602. The highest BCUT2D eigenvalue weighted by molar-refractivity contribution is 5.93. The molecule has 1 N–H and O–H groups in total. The van der Waals surface area contributed by atoms with Crippen LogP contribution in [0.15, 0.2) is 24.8 Å². The van der Waals surface area contributed by atoms with Crippen LogP contribution in [-0.4, -0.2) is 17.7 Å². The van der Waals surface area contributed by atoms with Crippen LogP contribution in [-0.2, 0) is 4.74 Å². The molecular formula is C11H12O3. The quantitative estimate of drug-likeness (QED) is 0.747. The maximum atomic E-state index is 11.3. The van der Waals surface area contributed by atoms with Crippen molar-refractivity contribution in [3.05, 3.63) is 35.9 Å². The third-order valence-corrected chi connectivity index (χ3v) is 1.78. The first-order valence-electron chi connectivity index (χ1n) is 4.32. The molecule has 0 heterocycles. The summed E-state index contributed by atoms with van der Waals surface area (Å²) in [7, 11) is 0. The second kappa shape index (κ2) is 4.46. The number of esters is 1. The van der Waals surface area contributed by atoms with E-state index < -0.39 is 5.97 Å². The summed E-state index contributed by atoms with van der Waals surface area (Å²) < 4.78 is 4.78. The zero-order valence-corrected chi connectivity index (χ0v) is 7.99. The molecule has 3 heteroatoms. The standard InChI is InChI=1S/C11H12O3/c1-3-8-6-5-7-9(10(8)12)11(13)14-4-2/h3,5-7,12H,1,4H2,2H3. The molecule has 0 saturated heterocycles. The average molecular weight is 192 g/mol. The van der Waals surface area contributed by atoms with Gasteiger partial charge in [-0.15, -0.1) is 0 Å². The first kappa shape index (κ1) is 10.3. The number of para-hydroxylation sites is 1. The lowest BCUT2D eigenvalue weighted by molar-refractivity contribution is 0.0523. The topological polar surface area (TPSA) is 46.5 Å². The fourth-order valence-corrected chi connectivity index (χ4v) is 1.10. The van der Waals surface area contributed by atoms with Crippen molar-refractivity contribution in [1.29, 1.82) is 0 Å². The van der Waals surface area contributed by atoms with E-state index in [-0.39, 0.29) is 17.9 Å². The monoisotopic (exact) mass is 192 g/mol. The molecule has 74 valence electrons. The molecule has 0 unspecified atom stereocenters. The Hall–Kier alpha value is -1.77.